The third-order valence-corrected chi connectivity index (χ3v) is 4.94. The minimum absolute atomic E-state index is 0.160. The normalized spacial score (nSPS) is 10.9. The van der Waals surface area contributed by atoms with Crippen LogP contribution in [0.3, 0.4) is 0 Å². The largest absolute Gasteiger partial charge is 0.490 e. The van der Waals surface area contributed by atoms with Crippen LogP contribution in [-0.4, -0.2) is 12.5 Å². The molecule has 0 bridgehead atoms. The van der Waals surface area contributed by atoms with Crippen LogP contribution in [0.25, 0.3) is 6.08 Å². The van der Waals surface area contributed by atoms with Gasteiger partial charge in [0.25, 0.3) is 5.91 Å². The molecule has 3 aromatic carbocycles. The van der Waals surface area contributed by atoms with Crippen molar-refractivity contribution < 1.29 is 18.7 Å². The van der Waals surface area contributed by atoms with Gasteiger partial charge in [0, 0.05) is 10.7 Å². The number of ether oxygens (including phenoxy) is 2. The van der Waals surface area contributed by atoms with Crippen molar-refractivity contribution >= 4 is 40.9 Å². The first kappa shape index (κ1) is 24.1. The molecule has 0 atom stereocenters. The molecule has 0 saturated heterocycles. The fourth-order valence-electron chi connectivity index (χ4n) is 2.86. The van der Waals surface area contributed by atoms with Gasteiger partial charge in [-0.25, -0.2) is 4.39 Å². The topological polar surface area (TPSA) is 71.3 Å². The SMILES string of the molecule is CCOc1cc(/C=C(\C#N)C(=O)Nc2ccc(F)cc2)cc(Cl)c1OCc1ccc(Cl)cc1. The summed E-state index contributed by atoms with van der Waals surface area (Å²) >= 11 is 12.3. The summed E-state index contributed by atoms with van der Waals surface area (Å²) in [5.74, 6) is -0.344. The summed E-state index contributed by atoms with van der Waals surface area (Å²) in [5, 5.41) is 12.9. The first-order valence-electron chi connectivity index (χ1n) is 9.92. The van der Waals surface area contributed by atoms with Gasteiger partial charge in [0.1, 0.15) is 24.1 Å². The van der Waals surface area contributed by atoms with E-state index < -0.39 is 11.7 Å². The number of hydrogen-bond donors (Lipinski definition) is 1. The number of hydrogen-bond acceptors (Lipinski definition) is 4. The first-order chi connectivity index (χ1) is 15.9. The average Bonchev–Trinajstić information content (AvgIpc) is 2.79. The number of nitriles is 1. The molecule has 1 N–H and O–H groups in total. The van der Waals surface area contributed by atoms with E-state index in [9.17, 15) is 14.4 Å². The standard InChI is InChI=1S/C25H19Cl2FN2O3/c1-2-32-23-13-17(11-18(14-29)25(31)30-21-9-7-20(28)8-10-21)12-22(27)24(23)33-15-16-3-5-19(26)6-4-16/h3-13H,2,15H2,1H3,(H,30,31)/b18-11+. The van der Waals surface area contributed by atoms with E-state index in [2.05, 4.69) is 5.32 Å². The fourth-order valence-corrected chi connectivity index (χ4v) is 3.26. The van der Waals surface area contributed by atoms with Crippen LogP contribution < -0.4 is 14.8 Å². The molecule has 3 rings (SSSR count). The van der Waals surface area contributed by atoms with Crippen molar-refractivity contribution in [3.05, 3.63) is 93.2 Å². The Balaban J connectivity index is 1.83. The summed E-state index contributed by atoms with van der Waals surface area (Å²) in [5.41, 5.74) is 1.58. The molecule has 1 amide bonds. The highest BCUT2D eigenvalue weighted by molar-refractivity contribution is 6.32. The molecule has 33 heavy (non-hydrogen) atoms. The lowest BCUT2D eigenvalue weighted by molar-refractivity contribution is -0.112. The van der Waals surface area contributed by atoms with Crippen LogP contribution in [0.1, 0.15) is 18.1 Å². The number of anilines is 1. The van der Waals surface area contributed by atoms with Crippen LogP contribution >= 0.6 is 23.2 Å². The third kappa shape index (κ3) is 6.72. The van der Waals surface area contributed by atoms with E-state index in [-0.39, 0.29) is 17.2 Å². The quantitative estimate of drug-likeness (QED) is 0.286. The summed E-state index contributed by atoms with van der Waals surface area (Å²) in [6.07, 6.45) is 1.39. The second kappa shape index (κ2) is 11.4. The predicted octanol–water partition coefficient (Wildman–Crippen LogP) is 6.66. The molecule has 0 heterocycles. The van der Waals surface area contributed by atoms with Crippen LogP contribution in [0.5, 0.6) is 11.5 Å². The summed E-state index contributed by atoms with van der Waals surface area (Å²) in [6, 6.07) is 17.5. The van der Waals surface area contributed by atoms with Crippen LogP contribution in [0.4, 0.5) is 10.1 Å². The first-order valence-corrected chi connectivity index (χ1v) is 10.7. The second-order valence-corrected chi connectivity index (χ2v) is 7.65. The Hall–Kier alpha value is -3.53. The molecule has 0 spiro atoms. The molecule has 0 aliphatic rings. The van der Waals surface area contributed by atoms with Gasteiger partial charge in [0.2, 0.25) is 0 Å². The maximum absolute atomic E-state index is 13.1. The Labute approximate surface area is 201 Å². The van der Waals surface area contributed by atoms with E-state index in [1.165, 1.54) is 30.3 Å². The van der Waals surface area contributed by atoms with Crippen LogP contribution in [0, 0.1) is 17.1 Å². The molecule has 5 nitrogen and oxygen atoms in total. The minimum Gasteiger partial charge on any atom is -0.490 e. The highest BCUT2D eigenvalue weighted by Gasteiger charge is 2.15. The van der Waals surface area contributed by atoms with Gasteiger partial charge in [-0.3, -0.25) is 4.79 Å². The number of halogens is 3. The van der Waals surface area contributed by atoms with Crippen molar-refractivity contribution in [2.75, 3.05) is 11.9 Å². The fraction of sp³-hybridized carbons (Fsp3) is 0.120. The van der Waals surface area contributed by atoms with Crippen molar-refractivity contribution in [1.82, 2.24) is 0 Å². The Morgan fingerprint density at radius 2 is 1.79 bits per heavy atom. The molecule has 0 aliphatic carbocycles. The summed E-state index contributed by atoms with van der Waals surface area (Å²) < 4.78 is 24.6. The zero-order chi connectivity index (χ0) is 23.8. The third-order valence-electron chi connectivity index (χ3n) is 4.41. The van der Waals surface area contributed by atoms with Crippen molar-refractivity contribution in [3.8, 4) is 17.6 Å². The van der Waals surface area contributed by atoms with Gasteiger partial charge in [0.15, 0.2) is 11.5 Å². The van der Waals surface area contributed by atoms with E-state index in [1.54, 1.807) is 24.3 Å². The number of carbonyl (C=O) groups excluding carboxylic acids is 1. The lowest BCUT2D eigenvalue weighted by atomic mass is 10.1. The number of nitrogens with one attached hydrogen (secondary N) is 1. The number of amides is 1. The zero-order valence-corrected chi connectivity index (χ0v) is 19.1. The average molecular weight is 485 g/mol. The summed E-state index contributed by atoms with van der Waals surface area (Å²) in [4.78, 5) is 12.5. The second-order valence-electron chi connectivity index (χ2n) is 6.81. The van der Waals surface area contributed by atoms with Crippen LogP contribution in [-0.2, 0) is 11.4 Å². The molecule has 8 heteroatoms. The van der Waals surface area contributed by atoms with Gasteiger partial charge >= 0.3 is 0 Å². The summed E-state index contributed by atoms with van der Waals surface area (Å²) in [6.45, 7) is 2.42. The highest BCUT2D eigenvalue weighted by atomic mass is 35.5. The van der Waals surface area contributed by atoms with Crippen molar-refractivity contribution in [2.24, 2.45) is 0 Å². The Morgan fingerprint density at radius 1 is 1.09 bits per heavy atom. The van der Waals surface area contributed by atoms with E-state index in [0.29, 0.717) is 34.4 Å². The van der Waals surface area contributed by atoms with Crippen molar-refractivity contribution in [2.45, 2.75) is 13.5 Å². The monoisotopic (exact) mass is 484 g/mol. The Morgan fingerprint density at radius 3 is 2.42 bits per heavy atom. The van der Waals surface area contributed by atoms with Gasteiger partial charge in [-0.2, -0.15) is 5.26 Å². The van der Waals surface area contributed by atoms with Gasteiger partial charge in [-0.15, -0.1) is 0 Å². The van der Waals surface area contributed by atoms with Crippen molar-refractivity contribution in [3.63, 3.8) is 0 Å². The van der Waals surface area contributed by atoms with Crippen LogP contribution in [0.2, 0.25) is 10.0 Å². The molecule has 0 saturated carbocycles. The highest BCUT2D eigenvalue weighted by Crippen LogP contribution is 2.38. The molecular formula is C25H19Cl2FN2O3. The van der Waals surface area contributed by atoms with Gasteiger partial charge in [0.05, 0.1) is 11.6 Å². The van der Waals surface area contributed by atoms with E-state index in [4.69, 9.17) is 32.7 Å². The number of rotatable bonds is 8. The predicted molar refractivity (Wildman–Crippen MR) is 127 cm³/mol. The molecule has 0 unspecified atom stereocenters. The molecule has 0 aliphatic heterocycles. The number of carbonyl (C=O) groups is 1. The molecular weight excluding hydrogens is 466 g/mol. The molecule has 0 radical (unpaired) electrons. The lowest BCUT2D eigenvalue weighted by Gasteiger charge is -2.15. The lowest BCUT2D eigenvalue weighted by Crippen LogP contribution is -2.13. The molecule has 0 fully saturated rings. The maximum Gasteiger partial charge on any atom is 0.266 e. The molecule has 3 aromatic rings. The number of nitrogens with zero attached hydrogens (tertiary/aromatic N) is 1. The molecule has 168 valence electrons. The summed E-state index contributed by atoms with van der Waals surface area (Å²) in [7, 11) is 0. The Bertz CT molecular complexity index is 1200. The van der Waals surface area contributed by atoms with Crippen molar-refractivity contribution in [1.29, 1.82) is 5.26 Å². The van der Waals surface area contributed by atoms with Gasteiger partial charge < -0.3 is 14.8 Å². The smallest absolute Gasteiger partial charge is 0.266 e. The Kier molecular flexibility index (Phi) is 8.31. The minimum atomic E-state index is -0.638. The zero-order valence-electron chi connectivity index (χ0n) is 17.6. The van der Waals surface area contributed by atoms with Gasteiger partial charge in [-0.1, -0.05) is 35.3 Å². The number of benzene rings is 3. The van der Waals surface area contributed by atoms with Gasteiger partial charge in [-0.05, 0) is 72.7 Å². The van der Waals surface area contributed by atoms with E-state index >= 15 is 0 Å². The van der Waals surface area contributed by atoms with Crippen LogP contribution in [0.15, 0.2) is 66.2 Å². The maximum atomic E-state index is 13.1. The van der Waals surface area contributed by atoms with E-state index in [1.807, 2.05) is 25.1 Å². The molecule has 0 aromatic heterocycles. The van der Waals surface area contributed by atoms with E-state index in [0.717, 1.165) is 5.56 Å².